The lowest BCUT2D eigenvalue weighted by Gasteiger charge is -2.29. The van der Waals surface area contributed by atoms with Gasteiger partial charge in [0.05, 0.1) is 29.9 Å². The third-order valence-electron chi connectivity index (χ3n) is 7.10. The van der Waals surface area contributed by atoms with E-state index in [-0.39, 0.29) is 32.7 Å². The predicted molar refractivity (Wildman–Crippen MR) is 174 cm³/mol. The number of thioether (sulfide) groups is 1. The molecule has 2 amide bonds. The average Bonchev–Trinajstić information content (AvgIpc) is 3.51. The minimum absolute atomic E-state index is 0.00623. The molecule has 2 N–H and O–H groups in total. The van der Waals surface area contributed by atoms with Gasteiger partial charge < -0.3 is 19.9 Å². The average molecular weight is 724 g/mol. The number of hydrogen-bond acceptors (Lipinski definition) is 7. The lowest BCUT2D eigenvalue weighted by molar-refractivity contribution is -0.139. The molecule has 0 atom stereocenters. The number of carbonyl (C=O) groups is 3. The molecule has 4 aromatic rings. The summed E-state index contributed by atoms with van der Waals surface area (Å²) in [4.78, 5) is 38.6. The largest absolute Gasteiger partial charge is 0.489 e. The van der Waals surface area contributed by atoms with Crippen LogP contribution < -0.4 is 15.0 Å². The van der Waals surface area contributed by atoms with E-state index in [9.17, 15) is 27.6 Å². The molecule has 0 saturated heterocycles. The maximum Gasteiger partial charge on any atom is 0.421 e. The van der Waals surface area contributed by atoms with E-state index in [4.69, 9.17) is 37.8 Å². The first-order valence-electron chi connectivity index (χ1n) is 14.4. The zero-order chi connectivity index (χ0) is 34.4. The Hall–Kier alpha value is -4.40. The summed E-state index contributed by atoms with van der Waals surface area (Å²) in [6, 6.07) is 13.8. The molecule has 1 aliphatic rings. The third kappa shape index (κ3) is 8.35. The Balaban J connectivity index is 1.24. The SMILES string of the molecule is O=C(O)CCNC(=O)c1ccc(Cl)c(Cn2cc(-c3cccc4c3SCCN4C(=O)OCCOc3cccc(Cl)c3C(F)(F)F)cn2)c1. The Morgan fingerprint density at radius 2 is 1.83 bits per heavy atom. The van der Waals surface area contributed by atoms with Crippen LogP contribution in [0.1, 0.15) is 27.9 Å². The number of benzene rings is 3. The number of fused-ring (bicyclic) bond motifs is 1. The summed E-state index contributed by atoms with van der Waals surface area (Å²) >= 11 is 13.7. The molecule has 1 aromatic heterocycles. The number of nitrogens with zero attached hydrogens (tertiary/aromatic N) is 3. The minimum atomic E-state index is -4.71. The zero-order valence-corrected chi connectivity index (χ0v) is 27.3. The molecule has 0 fully saturated rings. The first-order valence-corrected chi connectivity index (χ1v) is 16.2. The van der Waals surface area contributed by atoms with E-state index in [0.29, 0.717) is 34.1 Å². The van der Waals surface area contributed by atoms with Crippen molar-refractivity contribution >= 4 is 58.6 Å². The molecule has 0 aliphatic carbocycles. The number of halogens is 5. The van der Waals surface area contributed by atoms with Crippen LogP contribution >= 0.6 is 35.0 Å². The van der Waals surface area contributed by atoms with Crippen molar-refractivity contribution in [3.8, 4) is 16.9 Å². The molecular formula is C32H27Cl2F3N4O6S. The Kier molecular flexibility index (Phi) is 11.1. The van der Waals surface area contributed by atoms with Gasteiger partial charge in [-0.2, -0.15) is 18.3 Å². The fraction of sp³-hybridized carbons (Fsp3) is 0.250. The predicted octanol–water partition coefficient (Wildman–Crippen LogP) is 7.26. The smallest absolute Gasteiger partial charge is 0.421 e. The molecule has 2 heterocycles. The Labute approximate surface area is 286 Å². The number of hydrogen-bond donors (Lipinski definition) is 2. The Bertz CT molecular complexity index is 1840. The summed E-state index contributed by atoms with van der Waals surface area (Å²) in [5.41, 5.74) is 2.07. The highest BCUT2D eigenvalue weighted by atomic mass is 35.5. The third-order valence-corrected chi connectivity index (χ3v) is 8.89. The number of carbonyl (C=O) groups excluding carboxylic acids is 2. The fourth-order valence-electron chi connectivity index (χ4n) is 4.91. The van der Waals surface area contributed by atoms with Gasteiger partial charge in [-0.05, 0) is 42.0 Å². The van der Waals surface area contributed by atoms with Crippen molar-refractivity contribution in [3.63, 3.8) is 0 Å². The van der Waals surface area contributed by atoms with Gasteiger partial charge in [0.15, 0.2) is 0 Å². The standard InChI is InChI=1S/C32H27Cl2F3N4O6S/c33-23-8-7-19(30(44)38-10-9-27(42)43)15-20(23)17-40-18-21(16-39-40)22-3-1-5-25-29(22)48-14-11-41(25)31(45)47-13-12-46-26-6-2-4-24(34)28(26)32(35,36)37/h1-8,15-16,18H,9-14,17H2,(H,38,44)(H,42,43). The molecular weight excluding hydrogens is 696 g/mol. The van der Waals surface area contributed by atoms with E-state index in [0.717, 1.165) is 28.2 Å². The second kappa shape index (κ2) is 15.2. The van der Waals surface area contributed by atoms with E-state index in [1.54, 1.807) is 53.0 Å². The summed E-state index contributed by atoms with van der Waals surface area (Å²) in [5.74, 6) is -1.32. The topological polar surface area (TPSA) is 123 Å². The summed E-state index contributed by atoms with van der Waals surface area (Å²) in [5, 5.41) is 15.8. The molecule has 0 unspecified atom stereocenters. The van der Waals surface area contributed by atoms with Gasteiger partial charge in [-0.25, -0.2) is 4.79 Å². The van der Waals surface area contributed by atoms with Crippen LogP contribution in [0.5, 0.6) is 5.75 Å². The van der Waals surface area contributed by atoms with Crippen molar-refractivity contribution in [3.05, 3.63) is 93.7 Å². The molecule has 0 saturated carbocycles. The molecule has 0 spiro atoms. The second-order valence-electron chi connectivity index (χ2n) is 10.4. The number of nitrogens with one attached hydrogen (secondary N) is 1. The summed E-state index contributed by atoms with van der Waals surface area (Å²) < 4.78 is 52.5. The van der Waals surface area contributed by atoms with Crippen LogP contribution in [0.25, 0.3) is 11.1 Å². The van der Waals surface area contributed by atoms with Gasteiger partial charge >= 0.3 is 18.2 Å². The highest BCUT2D eigenvalue weighted by Gasteiger charge is 2.37. The first-order chi connectivity index (χ1) is 22.9. The van der Waals surface area contributed by atoms with Crippen LogP contribution in [0.2, 0.25) is 10.0 Å². The first kappa shape index (κ1) is 34.9. The number of anilines is 1. The van der Waals surface area contributed by atoms with Gasteiger partial charge in [0.25, 0.3) is 5.91 Å². The zero-order valence-electron chi connectivity index (χ0n) is 24.9. The van der Waals surface area contributed by atoms with Crippen LogP contribution in [0.3, 0.4) is 0 Å². The van der Waals surface area contributed by atoms with E-state index in [1.165, 1.54) is 11.0 Å². The van der Waals surface area contributed by atoms with Gasteiger partial charge in [-0.1, -0.05) is 41.4 Å². The highest BCUT2D eigenvalue weighted by Crippen LogP contribution is 2.43. The number of ether oxygens (including phenoxy) is 2. The number of carboxylic acid groups (broad SMARTS) is 1. The van der Waals surface area contributed by atoms with Gasteiger partial charge in [-0.3, -0.25) is 19.2 Å². The monoisotopic (exact) mass is 722 g/mol. The Morgan fingerprint density at radius 3 is 2.60 bits per heavy atom. The van der Waals surface area contributed by atoms with Crippen LogP contribution in [0.4, 0.5) is 23.7 Å². The van der Waals surface area contributed by atoms with Gasteiger partial charge in [0.2, 0.25) is 0 Å². The van der Waals surface area contributed by atoms with Crippen LogP contribution in [-0.4, -0.2) is 64.9 Å². The number of alkyl halides is 3. The number of amides is 2. The lowest BCUT2D eigenvalue weighted by atomic mass is 10.1. The summed E-state index contributed by atoms with van der Waals surface area (Å²) in [6.45, 7) is -0.00948. The number of rotatable bonds is 11. The van der Waals surface area contributed by atoms with Gasteiger partial charge in [0, 0.05) is 51.6 Å². The molecule has 0 bridgehead atoms. The van der Waals surface area contributed by atoms with Crippen LogP contribution in [0, 0.1) is 0 Å². The van der Waals surface area contributed by atoms with E-state index in [1.807, 2.05) is 12.3 Å². The van der Waals surface area contributed by atoms with Crippen molar-refractivity contribution in [1.29, 1.82) is 0 Å². The van der Waals surface area contributed by atoms with E-state index < -0.39 is 40.5 Å². The van der Waals surface area contributed by atoms with Gasteiger partial charge in [0.1, 0.15) is 24.5 Å². The molecule has 0 radical (unpaired) electrons. The normalized spacial score (nSPS) is 12.7. The summed E-state index contributed by atoms with van der Waals surface area (Å²) in [6.07, 6.45) is -2.10. The number of aliphatic carboxylic acids is 1. The molecule has 3 aromatic carbocycles. The van der Waals surface area contributed by atoms with Gasteiger partial charge in [-0.15, -0.1) is 11.8 Å². The molecule has 252 valence electrons. The van der Waals surface area contributed by atoms with Crippen LogP contribution in [-0.2, 0) is 22.3 Å². The number of carboxylic acids is 1. The lowest BCUT2D eigenvalue weighted by Crippen LogP contribution is -2.36. The van der Waals surface area contributed by atoms with Crippen molar-refractivity contribution in [2.24, 2.45) is 0 Å². The molecule has 16 heteroatoms. The minimum Gasteiger partial charge on any atom is -0.489 e. The molecule has 1 aliphatic heterocycles. The fourth-order valence-corrected chi connectivity index (χ4v) is 6.51. The van der Waals surface area contributed by atoms with Crippen LogP contribution in [0.15, 0.2) is 71.9 Å². The Morgan fingerprint density at radius 1 is 1.04 bits per heavy atom. The number of aromatic nitrogens is 2. The van der Waals surface area contributed by atoms with Crippen molar-refractivity contribution < 1.29 is 42.1 Å². The quantitative estimate of drug-likeness (QED) is 0.155. The molecule has 48 heavy (non-hydrogen) atoms. The van der Waals surface area contributed by atoms with Crippen molar-refractivity contribution in [2.45, 2.75) is 24.0 Å². The maximum absolute atomic E-state index is 13.4. The molecule has 10 nitrogen and oxygen atoms in total. The van der Waals surface area contributed by atoms with Crippen molar-refractivity contribution in [1.82, 2.24) is 15.1 Å². The maximum atomic E-state index is 13.4. The van der Waals surface area contributed by atoms with E-state index >= 15 is 0 Å². The van der Waals surface area contributed by atoms with Crippen molar-refractivity contribution in [2.75, 3.05) is 37.0 Å². The summed E-state index contributed by atoms with van der Waals surface area (Å²) in [7, 11) is 0. The molecule has 5 rings (SSSR count). The second-order valence-corrected chi connectivity index (χ2v) is 12.3. The van der Waals surface area contributed by atoms with E-state index in [2.05, 4.69) is 10.4 Å². The highest BCUT2D eigenvalue weighted by molar-refractivity contribution is 7.99.